The van der Waals surface area contributed by atoms with Crippen LogP contribution < -0.4 is 4.74 Å². The molecule has 2 aromatic rings. The average molecular weight is 444 g/mol. The molecule has 0 radical (unpaired) electrons. The van der Waals surface area contributed by atoms with E-state index in [9.17, 15) is 9.59 Å². The Hall–Kier alpha value is -2.53. The number of fused-ring (bicyclic) bond motifs is 1. The molecule has 0 N–H and O–H groups in total. The van der Waals surface area contributed by atoms with Crippen LogP contribution >= 0.6 is 11.6 Å². The van der Waals surface area contributed by atoms with Gasteiger partial charge in [0.25, 0.3) is 0 Å². The number of carbonyl (C=O) groups is 2. The maximum Gasteiger partial charge on any atom is 0.326 e. The van der Waals surface area contributed by atoms with E-state index in [0.29, 0.717) is 5.02 Å². The van der Waals surface area contributed by atoms with Crippen LogP contribution in [0.3, 0.4) is 0 Å². The molecule has 0 fully saturated rings. The summed E-state index contributed by atoms with van der Waals surface area (Å²) < 4.78 is 10.8. The zero-order chi connectivity index (χ0) is 22.8. The van der Waals surface area contributed by atoms with Gasteiger partial charge in [-0.2, -0.15) is 0 Å². The molecule has 0 aromatic heterocycles. The Kier molecular flexibility index (Phi) is 6.65. The summed E-state index contributed by atoms with van der Waals surface area (Å²) in [5, 5.41) is 0.653. The highest BCUT2D eigenvalue weighted by atomic mass is 35.5. The van der Waals surface area contributed by atoms with Crippen LogP contribution in [0.2, 0.25) is 5.02 Å². The topological polar surface area (TPSA) is 55.8 Å². The molecule has 5 nitrogen and oxygen atoms in total. The zero-order valence-corrected chi connectivity index (χ0v) is 19.6. The minimum absolute atomic E-state index is 0.0811. The van der Waals surface area contributed by atoms with E-state index in [2.05, 4.69) is 6.07 Å². The zero-order valence-electron chi connectivity index (χ0n) is 18.8. The number of carbonyl (C=O) groups excluding carboxylic acids is 2. The van der Waals surface area contributed by atoms with Crippen LogP contribution in [0.5, 0.6) is 5.75 Å². The smallest absolute Gasteiger partial charge is 0.326 e. The van der Waals surface area contributed by atoms with E-state index in [1.807, 2.05) is 57.2 Å². The standard InChI is InChI=1S/C25H30ClNO4/c1-24(2,3)31-23(29)16-27(4)22(28)15-25(18-6-8-19(26)9-7-18)13-12-17-14-20(30-5)10-11-21(17)25/h6-11,14H,12-13,15-16H2,1-5H3. The summed E-state index contributed by atoms with van der Waals surface area (Å²) in [6.45, 7) is 5.35. The van der Waals surface area contributed by atoms with Crippen LogP contribution in [0.15, 0.2) is 42.5 Å². The Labute approximate surface area is 189 Å². The summed E-state index contributed by atoms with van der Waals surface area (Å²) in [6.07, 6.45) is 1.90. The number of amides is 1. The van der Waals surface area contributed by atoms with Gasteiger partial charge in [0, 0.05) is 23.9 Å². The molecule has 1 aliphatic rings. The van der Waals surface area contributed by atoms with Gasteiger partial charge < -0.3 is 14.4 Å². The lowest BCUT2D eigenvalue weighted by Gasteiger charge is -2.33. The summed E-state index contributed by atoms with van der Waals surface area (Å²) in [5.41, 5.74) is 2.27. The minimum Gasteiger partial charge on any atom is -0.497 e. The Bertz CT molecular complexity index is 964. The molecule has 1 unspecified atom stereocenters. The highest BCUT2D eigenvalue weighted by molar-refractivity contribution is 6.30. The van der Waals surface area contributed by atoms with Gasteiger partial charge in [-0.25, -0.2) is 0 Å². The van der Waals surface area contributed by atoms with Crippen molar-refractivity contribution in [2.45, 2.75) is 51.0 Å². The molecule has 0 saturated heterocycles. The van der Waals surface area contributed by atoms with E-state index in [0.717, 1.165) is 29.7 Å². The third-order valence-electron chi connectivity index (χ3n) is 5.71. The second kappa shape index (κ2) is 8.91. The highest BCUT2D eigenvalue weighted by Crippen LogP contribution is 2.48. The lowest BCUT2D eigenvalue weighted by Crippen LogP contribution is -2.40. The Balaban J connectivity index is 1.90. The van der Waals surface area contributed by atoms with E-state index in [-0.39, 0.29) is 18.9 Å². The number of esters is 1. The number of methoxy groups -OCH3 is 1. The predicted octanol–water partition coefficient (Wildman–Crippen LogP) is 4.77. The second-order valence-corrected chi connectivity index (χ2v) is 9.56. The number of rotatable bonds is 6. The van der Waals surface area contributed by atoms with Crippen molar-refractivity contribution in [3.8, 4) is 5.75 Å². The lowest BCUT2D eigenvalue weighted by atomic mass is 9.72. The Morgan fingerprint density at radius 3 is 2.42 bits per heavy atom. The Morgan fingerprint density at radius 2 is 1.81 bits per heavy atom. The molecule has 3 rings (SSSR count). The molecule has 31 heavy (non-hydrogen) atoms. The first-order valence-corrected chi connectivity index (χ1v) is 10.8. The predicted molar refractivity (Wildman–Crippen MR) is 122 cm³/mol. The van der Waals surface area contributed by atoms with Crippen LogP contribution in [-0.4, -0.2) is 43.1 Å². The summed E-state index contributed by atoms with van der Waals surface area (Å²) in [7, 11) is 3.30. The van der Waals surface area contributed by atoms with Crippen molar-refractivity contribution >= 4 is 23.5 Å². The maximum absolute atomic E-state index is 13.2. The fourth-order valence-electron chi connectivity index (χ4n) is 4.26. The largest absolute Gasteiger partial charge is 0.497 e. The molecule has 166 valence electrons. The van der Waals surface area contributed by atoms with Crippen LogP contribution in [0.4, 0.5) is 0 Å². The first-order chi connectivity index (χ1) is 14.5. The molecule has 0 saturated carbocycles. The summed E-state index contributed by atoms with van der Waals surface area (Å²) in [4.78, 5) is 26.9. The molecule has 0 spiro atoms. The fraction of sp³-hybridized carbons (Fsp3) is 0.440. The average Bonchev–Trinajstić information content (AvgIpc) is 3.05. The van der Waals surface area contributed by atoms with Crippen LogP contribution in [0, 0.1) is 0 Å². The summed E-state index contributed by atoms with van der Waals surface area (Å²) in [6, 6.07) is 13.7. The SMILES string of the molecule is COc1ccc2c(c1)CCC2(CC(=O)N(C)CC(=O)OC(C)(C)C)c1ccc(Cl)cc1. The van der Waals surface area contributed by atoms with Gasteiger partial charge in [-0.3, -0.25) is 9.59 Å². The number of hydrogen-bond acceptors (Lipinski definition) is 4. The van der Waals surface area contributed by atoms with Crippen molar-refractivity contribution in [1.29, 1.82) is 0 Å². The van der Waals surface area contributed by atoms with E-state index in [1.54, 1.807) is 14.2 Å². The van der Waals surface area contributed by atoms with E-state index >= 15 is 0 Å². The van der Waals surface area contributed by atoms with Crippen LogP contribution in [0.25, 0.3) is 0 Å². The molecule has 1 amide bonds. The van der Waals surface area contributed by atoms with Crippen LogP contribution in [-0.2, 0) is 26.2 Å². The van der Waals surface area contributed by atoms with Crippen molar-refractivity contribution in [3.05, 3.63) is 64.2 Å². The van der Waals surface area contributed by atoms with Gasteiger partial charge in [-0.15, -0.1) is 0 Å². The van der Waals surface area contributed by atoms with Gasteiger partial charge in [0.1, 0.15) is 17.9 Å². The number of likely N-dealkylation sites (N-methyl/N-ethyl adjacent to an activating group) is 1. The van der Waals surface area contributed by atoms with Crippen molar-refractivity contribution in [2.75, 3.05) is 20.7 Å². The molecular weight excluding hydrogens is 414 g/mol. The number of nitrogens with zero attached hydrogens (tertiary/aromatic N) is 1. The van der Waals surface area contributed by atoms with Gasteiger partial charge in [0.05, 0.1) is 7.11 Å². The lowest BCUT2D eigenvalue weighted by molar-refractivity contribution is -0.158. The van der Waals surface area contributed by atoms with Crippen molar-refractivity contribution < 1.29 is 19.1 Å². The number of ether oxygens (including phenoxy) is 2. The maximum atomic E-state index is 13.2. The van der Waals surface area contributed by atoms with E-state index in [4.69, 9.17) is 21.1 Å². The van der Waals surface area contributed by atoms with E-state index < -0.39 is 17.0 Å². The number of benzene rings is 2. The van der Waals surface area contributed by atoms with Gasteiger partial charge in [0.15, 0.2) is 0 Å². The van der Waals surface area contributed by atoms with Crippen molar-refractivity contribution in [2.24, 2.45) is 0 Å². The quantitative estimate of drug-likeness (QED) is 0.603. The normalized spacial score (nSPS) is 17.7. The third-order valence-corrected chi connectivity index (χ3v) is 5.96. The molecule has 6 heteroatoms. The fourth-order valence-corrected chi connectivity index (χ4v) is 4.38. The van der Waals surface area contributed by atoms with Crippen molar-refractivity contribution in [1.82, 2.24) is 4.90 Å². The van der Waals surface area contributed by atoms with Gasteiger partial charge in [-0.1, -0.05) is 29.8 Å². The number of hydrogen-bond donors (Lipinski definition) is 0. The minimum atomic E-state index is -0.588. The molecule has 1 aliphatic carbocycles. The van der Waals surface area contributed by atoms with E-state index in [1.165, 1.54) is 10.5 Å². The summed E-state index contributed by atoms with van der Waals surface area (Å²) in [5.74, 6) is 0.281. The van der Waals surface area contributed by atoms with Crippen molar-refractivity contribution in [3.63, 3.8) is 0 Å². The van der Waals surface area contributed by atoms with Gasteiger partial charge >= 0.3 is 5.97 Å². The molecule has 1 atom stereocenters. The highest BCUT2D eigenvalue weighted by Gasteiger charge is 2.42. The third kappa shape index (κ3) is 5.21. The first kappa shape index (κ1) is 23.1. The molecule has 2 aromatic carbocycles. The Morgan fingerprint density at radius 1 is 1.13 bits per heavy atom. The monoisotopic (exact) mass is 443 g/mol. The number of aryl methyl sites for hydroxylation is 1. The van der Waals surface area contributed by atoms with Crippen LogP contribution in [0.1, 0.15) is 50.3 Å². The molecule has 0 heterocycles. The molecule has 0 bridgehead atoms. The van der Waals surface area contributed by atoms with Gasteiger partial charge in [0.2, 0.25) is 5.91 Å². The second-order valence-electron chi connectivity index (χ2n) is 9.13. The summed E-state index contributed by atoms with van der Waals surface area (Å²) >= 11 is 6.13. The molecular formula is C25H30ClNO4. The van der Waals surface area contributed by atoms with Gasteiger partial charge in [-0.05, 0) is 74.6 Å². The first-order valence-electron chi connectivity index (χ1n) is 10.4. The number of halogens is 1. The molecule has 0 aliphatic heterocycles.